The first-order chi connectivity index (χ1) is 9.81. The number of nitrogens with one attached hydrogen (secondary N) is 1. The number of rotatable bonds is 3. The van der Waals surface area contributed by atoms with Gasteiger partial charge in [0.2, 0.25) is 0 Å². The predicted octanol–water partition coefficient (Wildman–Crippen LogP) is 3.39. The van der Waals surface area contributed by atoms with Crippen molar-refractivity contribution in [3.05, 3.63) is 23.8 Å². The van der Waals surface area contributed by atoms with Crippen LogP contribution in [0.15, 0.2) is 18.2 Å². The molecular weight excluding hydrogens is 252 g/mol. The summed E-state index contributed by atoms with van der Waals surface area (Å²) in [6.45, 7) is 3.59. The summed E-state index contributed by atoms with van der Waals surface area (Å²) in [5, 5.41) is 4.29. The molecule has 1 aliphatic heterocycles. The van der Waals surface area contributed by atoms with Crippen molar-refractivity contribution in [3.63, 3.8) is 0 Å². The quantitative estimate of drug-likeness (QED) is 0.930. The summed E-state index contributed by atoms with van der Waals surface area (Å²) < 4.78 is 11.5. The molecule has 20 heavy (non-hydrogen) atoms. The third-order valence-electron chi connectivity index (χ3n) is 3.52. The molecule has 3 rings (SSSR count). The molecular formula is C16H20N2O2. The molecule has 0 fully saturated rings. The number of benzene rings is 1. The number of fused-ring (bicyclic) bond motifs is 2. The van der Waals surface area contributed by atoms with Crippen LogP contribution >= 0.6 is 0 Å². The maximum absolute atomic E-state index is 5.74. The molecule has 1 aliphatic rings. The summed E-state index contributed by atoms with van der Waals surface area (Å²) in [6, 6.07) is 6.22. The lowest BCUT2D eigenvalue weighted by atomic mass is 10.1. The molecule has 106 valence electrons. The minimum Gasteiger partial charge on any atom is -0.490 e. The fourth-order valence-electron chi connectivity index (χ4n) is 2.55. The van der Waals surface area contributed by atoms with E-state index in [9.17, 15) is 0 Å². The fourth-order valence-corrected chi connectivity index (χ4v) is 2.55. The van der Waals surface area contributed by atoms with Crippen molar-refractivity contribution in [3.8, 4) is 11.5 Å². The largest absolute Gasteiger partial charge is 0.490 e. The maximum atomic E-state index is 5.74. The first-order valence-electron chi connectivity index (χ1n) is 7.23. The monoisotopic (exact) mass is 272 g/mol. The minimum absolute atomic E-state index is 0.700. The summed E-state index contributed by atoms with van der Waals surface area (Å²) >= 11 is 0. The zero-order valence-electron chi connectivity index (χ0n) is 12.0. The first-order valence-corrected chi connectivity index (χ1v) is 7.23. The normalized spacial score (nSPS) is 14.1. The van der Waals surface area contributed by atoms with Crippen molar-refractivity contribution in [2.75, 3.05) is 25.6 Å². The zero-order chi connectivity index (χ0) is 13.9. The third kappa shape index (κ3) is 2.38. The minimum atomic E-state index is 0.700. The topological polar surface area (TPSA) is 43.4 Å². The number of ether oxygens (including phenoxy) is 2. The van der Waals surface area contributed by atoms with E-state index in [4.69, 9.17) is 14.5 Å². The standard InChI is InChI=1S/C16H20N2O2/c1-3-5-11-8-12-9-14-15(20-7-4-6-19-14)10-13(12)18-16(11)17-2/h8-10H,3-7H2,1-2H3,(H,17,18). The van der Waals surface area contributed by atoms with Gasteiger partial charge in [-0.15, -0.1) is 0 Å². The van der Waals surface area contributed by atoms with Gasteiger partial charge in [-0.3, -0.25) is 0 Å². The fraction of sp³-hybridized carbons (Fsp3) is 0.438. The Kier molecular flexibility index (Phi) is 3.63. The number of hydrogen-bond donors (Lipinski definition) is 1. The van der Waals surface area contributed by atoms with Gasteiger partial charge in [0.25, 0.3) is 0 Å². The van der Waals surface area contributed by atoms with Gasteiger partial charge in [-0.05, 0) is 24.1 Å². The molecule has 0 atom stereocenters. The second-order valence-electron chi connectivity index (χ2n) is 5.04. The Morgan fingerprint density at radius 2 is 1.90 bits per heavy atom. The van der Waals surface area contributed by atoms with Gasteiger partial charge in [0.15, 0.2) is 11.5 Å². The van der Waals surface area contributed by atoms with Crippen LogP contribution in [-0.2, 0) is 6.42 Å². The van der Waals surface area contributed by atoms with Crippen LogP contribution in [0.1, 0.15) is 25.3 Å². The smallest absolute Gasteiger partial charge is 0.163 e. The molecule has 1 N–H and O–H groups in total. The summed E-state index contributed by atoms with van der Waals surface area (Å²) in [7, 11) is 1.91. The second kappa shape index (κ2) is 5.57. The van der Waals surface area contributed by atoms with Crippen LogP contribution < -0.4 is 14.8 Å². The number of aromatic nitrogens is 1. The van der Waals surface area contributed by atoms with Crippen LogP contribution in [0.4, 0.5) is 5.82 Å². The van der Waals surface area contributed by atoms with Gasteiger partial charge in [0, 0.05) is 24.9 Å². The Morgan fingerprint density at radius 3 is 2.60 bits per heavy atom. The molecule has 0 bridgehead atoms. The van der Waals surface area contributed by atoms with Crippen LogP contribution in [0.2, 0.25) is 0 Å². The first kappa shape index (κ1) is 13.0. The molecule has 0 aliphatic carbocycles. The molecule has 2 aromatic rings. The SMILES string of the molecule is CCCc1cc2cc3c(cc2nc1NC)OCCCO3. The van der Waals surface area contributed by atoms with E-state index in [1.165, 1.54) is 5.56 Å². The summed E-state index contributed by atoms with van der Waals surface area (Å²) in [6.07, 6.45) is 3.04. The van der Waals surface area contributed by atoms with Crippen molar-refractivity contribution in [1.82, 2.24) is 4.98 Å². The lowest BCUT2D eigenvalue weighted by Gasteiger charge is -2.12. The Labute approximate surface area is 119 Å². The van der Waals surface area contributed by atoms with Crippen molar-refractivity contribution in [2.45, 2.75) is 26.2 Å². The number of nitrogens with zero attached hydrogens (tertiary/aromatic N) is 1. The van der Waals surface area contributed by atoms with E-state index in [2.05, 4.69) is 18.3 Å². The summed E-state index contributed by atoms with van der Waals surface area (Å²) in [5.41, 5.74) is 2.19. The average molecular weight is 272 g/mol. The lowest BCUT2D eigenvalue weighted by Crippen LogP contribution is -2.00. The van der Waals surface area contributed by atoms with E-state index >= 15 is 0 Å². The van der Waals surface area contributed by atoms with Gasteiger partial charge in [-0.2, -0.15) is 0 Å². The van der Waals surface area contributed by atoms with Gasteiger partial charge in [0.1, 0.15) is 5.82 Å². The van der Waals surface area contributed by atoms with E-state index in [0.717, 1.165) is 47.5 Å². The van der Waals surface area contributed by atoms with Crippen molar-refractivity contribution in [2.24, 2.45) is 0 Å². The molecule has 0 saturated heterocycles. The van der Waals surface area contributed by atoms with Crippen LogP contribution in [0.5, 0.6) is 11.5 Å². The molecule has 1 aromatic heterocycles. The number of hydrogen-bond acceptors (Lipinski definition) is 4. The van der Waals surface area contributed by atoms with E-state index in [1.807, 2.05) is 19.2 Å². The van der Waals surface area contributed by atoms with Crippen molar-refractivity contribution < 1.29 is 9.47 Å². The lowest BCUT2D eigenvalue weighted by molar-refractivity contribution is 0.297. The molecule has 4 heteroatoms. The van der Waals surface area contributed by atoms with E-state index in [1.54, 1.807) is 0 Å². The highest BCUT2D eigenvalue weighted by atomic mass is 16.5. The van der Waals surface area contributed by atoms with Gasteiger partial charge >= 0.3 is 0 Å². The maximum Gasteiger partial charge on any atom is 0.163 e. The zero-order valence-corrected chi connectivity index (χ0v) is 12.0. The van der Waals surface area contributed by atoms with Gasteiger partial charge in [-0.1, -0.05) is 13.3 Å². The number of pyridine rings is 1. The van der Waals surface area contributed by atoms with Crippen LogP contribution in [-0.4, -0.2) is 25.2 Å². The van der Waals surface area contributed by atoms with Crippen LogP contribution in [0, 0.1) is 0 Å². The molecule has 0 saturated carbocycles. The van der Waals surface area contributed by atoms with Gasteiger partial charge < -0.3 is 14.8 Å². The van der Waals surface area contributed by atoms with Gasteiger partial charge in [-0.25, -0.2) is 4.98 Å². The molecule has 4 nitrogen and oxygen atoms in total. The molecule has 0 unspecified atom stereocenters. The number of aryl methyl sites for hydroxylation is 1. The Morgan fingerprint density at radius 1 is 1.15 bits per heavy atom. The highest BCUT2D eigenvalue weighted by molar-refractivity contribution is 5.85. The Hall–Kier alpha value is -1.97. The molecule has 0 spiro atoms. The van der Waals surface area contributed by atoms with E-state index in [0.29, 0.717) is 13.2 Å². The predicted molar refractivity (Wildman–Crippen MR) is 80.9 cm³/mol. The van der Waals surface area contributed by atoms with Crippen molar-refractivity contribution >= 4 is 16.7 Å². The summed E-state index contributed by atoms with van der Waals surface area (Å²) in [5.74, 6) is 2.58. The highest BCUT2D eigenvalue weighted by Gasteiger charge is 2.13. The number of anilines is 1. The van der Waals surface area contributed by atoms with Gasteiger partial charge in [0.05, 0.1) is 18.7 Å². The molecule has 0 amide bonds. The third-order valence-corrected chi connectivity index (χ3v) is 3.52. The molecule has 2 heterocycles. The Bertz CT molecular complexity index is 615. The molecule has 1 aromatic carbocycles. The van der Waals surface area contributed by atoms with Crippen molar-refractivity contribution in [1.29, 1.82) is 0 Å². The van der Waals surface area contributed by atoms with Crippen LogP contribution in [0.3, 0.4) is 0 Å². The van der Waals surface area contributed by atoms with E-state index in [-0.39, 0.29) is 0 Å². The Balaban J connectivity index is 2.13. The second-order valence-corrected chi connectivity index (χ2v) is 5.04. The summed E-state index contributed by atoms with van der Waals surface area (Å²) in [4.78, 5) is 4.70. The highest BCUT2D eigenvalue weighted by Crippen LogP contribution is 2.35. The van der Waals surface area contributed by atoms with E-state index < -0.39 is 0 Å². The molecule has 0 radical (unpaired) electrons. The van der Waals surface area contributed by atoms with Crippen LogP contribution in [0.25, 0.3) is 10.9 Å². The average Bonchev–Trinajstić information content (AvgIpc) is 2.69.